The SMILES string of the molecule is CCC1CCC(N(C)c2ccc([C@@H](C)O)cc2)CC1. The van der Waals surface area contributed by atoms with Gasteiger partial charge in [0.15, 0.2) is 0 Å². The number of aliphatic hydroxyl groups excluding tert-OH is 1. The largest absolute Gasteiger partial charge is 0.389 e. The fourth-order valence-electron chi connectivity index (χ4n) is 3.14. The van der Waals surface area contributed by atoms with Gasteiger partial charge >= 0.3 is 0 Å². The Balaban J connectivity index is 1.97. The summed E-state index contributed by atoms with van der Waals surface area (Å²) in [5.74, 6) is 0.947. The maximum atomic E-state index is 9.54. The fourth-order valence-corrected chi connectivity index (χ4v) is 3.14. The van der Waals surface area contributed by atoms with E-state index in [1.807, 2.05) is 19.1 Å². The minimum absolute atomic E-state index is 0.376. The second-order valence-corrected chi connectivity index (χ2v) is 5.96. The van der Waals surface area contributed by atoms with Gasteiger partial charge in [-0.05, 0) is 56.2 Å². The highest BCUT2D eigenvalue weighted by atomic mass is 16.3. The third-order valence-electron chi connectivity index (χ3n) is 4.72. The number of rotatable bonds is 4. The van der Waals surface area contributed by atoms with Crippen LogP contribution in [0, 0.1) is 5.92 Å². The summed E-state index contributed by atoms with van der Waals surface area (Å²) in [6, 6.07) is 9.02. The predicted molar refractivity (Wildman–Crippen MR) is 81.5 cm³/mol. The van der Waals surface area contributed by atoms with Crippen LogP contribution in [0.4, 0.5) is 5.69 Å². The van der Waals surface area contributed by atoms with Gasteiger partial charge in [0.25, 0.3) is 0 Å². The predicted octanol–water partition coefficient (Wildman–Crippen LogP) is 4.14. The smallest absolute Gasteiger partial charge is 0.0761 e. The molecular formula is C17H27NO. The minimum atomic E-state index is -0.376. The van der Waals surface area contributed by atoms with E-state index in [2.05, 4.69) is 31.0 Å². The van der Waals surface area contributed by atoms with Gasteiger partial charge in [-0.15, -0.1) is 0 Å². The highest BCUT2D eigenvalue weighted by Gasteiger charge is 2.23. The van der Waals surface area contributed by atoms with Gasteiger partial charge in [-0.3, -0.25) is 0 Å². The molecule has 1 aliphatic rings. The van der Waals surface area contributed by atoms with E-state index in [1.54, 1.807) is 0 Å². The maximum Gasteiger partial charge on any atom is 0.0761 e. The molecule has 1 saturated carbocycles. The Hall–Kier alpha value is -1.02. The van der Waals surface area contributed by atoms with Gasteiger partial charge in [0, 0.05) is 18.8 Å². The van der Waals surface area contributed by atoms with Crippen LogP contribution in [0.5, 0.6) is 0 Å². The lowest BCUT2D eigenvalue weighted by atomic mass is 9.84. The quantitative estimate of drug-likeness (QED) is 0.880. The molecular weight excluding hydrogens is 234 g/mol. The van der Waals surface area contributed by atoms with Crippen molar-refractivity contribution in [3.63, 3.8) is 0 Å². The summed E-state index contributed by atoms with van der Waals surface area (Å²) in [5, 5.41) is 9.54. The number of hydrogen-bond acceptors (Lipinski definition) is 2. The highest BCUT2D eigenvalue weighted by molar-refractivity contribution is 5.48. The van der Waals surface area contributed by atoms with Crippen molar-refractivity contribution in [2.24, 2.45) is 5.92 Å². The summed E-state index contributed by atoms with van der Waals surface area (Å²) in [6.45, 7) is 4.12. The topological polar surface area (TPSA) is 23.5 Å². The van der Waals surface area contributed by atoms with E-state index in [9.17, 15) is 5.11 Å². The van der Waals surface area contributed by atoms with Crippen LogP contribution in [0.3, 0.4) is 0 Å². The van der Waals surface area contributed by atoms with Gasteiger partial charge in [0.2, 0.25) is 0 Å². The van der Waals surface area contributed by atoms with Crippen LogP contribution in [-0.2, 0) is 0 Å². The molecule has 1 aromatic carbocycles. The van der Waals surface area contributed by atoms with Crippen LogP contribution in [0.15, 0.2) is 24.3 Å². The third kappa shape index (κ3) is 3.50. The van der Waals surface area contributed by atoms with Crippen molar-refractivity contribution in [2.75, 3.05) is 11.9 Å². The molecule has 106 valence electrons. The van der Waals surface area contributed by atoms with Crippen molar-refractivity contribution in [1.29, 1.82) is 0 Å². The van der Waals surface area contributed by atoms with Crippen LogP contribution < -0.4 is 4.90 Å². The Kier molecular flexibility index (Phi) is 4.87. The summed E-state index contributed by atoms with van der Waals surface area (Å²) in [6.07, 6.45) is 6.33. The molecule has 1 aliphatic carbocycles. The van der Waals surface area contributed by atoms with E-state index in [1.165, 1.54) is 37.8 Å². The standard InChI is InChI=1S/C17H27NO/c1-4-14-5-9-16(10-6-14)18(3)17-11-7-15(8-12-17)13(2)19/h7-8,11-14,16,19H,4-6,9-10H2,1-3H3/t13-,14?,16?/m1/s1. The van der Waals surface area contributed by atoms with E-state index in [4.69, 9.17) is 0 Å². The molecule has 0 aliphatic heterocycles. The van der Waals surface area contributed by atoms with Crippen LogP contribution in [0.25, 0.3) is 0 Å². The molecule has 1 fully saturated rings. The Labute approximate surface area is 117 Å². The zero-order chi connectivity index (χ0) is 13.8. The molecule has 1 aromatic rings. The molecule has 0 bridgehead atoms. The molecule has 2 rings (SSSR count). The number of hydrogen-bond donors (Lipinski definition) is 1. The summed E-state index contributed by atoms with van der Waals surface area (Å²) in [5.41, 5.74) is 2.26. The molecule has 2 nitrogen and oxygen atoms in total. The first-order valence-electron chi connectivity index (χ1n) is 7.62. The van der Waals surface area contributed by atoms with Crippen molar-refractivity contribution >= 4 is 5.69 Å². The Morgan fingerprint density at radius 3 is 2.21 bits per heavy atom. The van der Waals surface area contributed by atoms with Crippen LogP contribution >= 0.6 is 0 Å². The highest BCUT2D eigenvalue weighted by Crippen LogP contribution is 2.31. The first kappa shape index (κ1) is 14.4. The van der Waals surface area contributed by atoms with Crippen molar-refractivity contribution in [3.8, 4) is 0 Å². The number of benzene rings is 1. The average molecular weight is 261 g/mol. The summed E-state index contributed by atoms with van der Waals surface area (Å²) >= 11 is 0. The molecule has 0 unspecified atom stereocenters. The average Bonchev–Trinajstić information content (AvgIpc) is 2.46. The molecule has 0 heterocycles. The van der Waals surface area contributed by atoms with Gasteiger partial charge in [-0.1, -0.05) is 25.5 Å². The molecule has 1 atom stereocenters. The number of nitrogens with zero attached hydrogens (tertiary/aromatic N) is 1. The molecule has 0 spiro atoms. The van der Waals surface area contributed by atoms with E-state index in [-0.39, 0.29) is 6.10 Å². The molecule has 19 heavy (non-hydrogen) atoms. The van der Waals surface area contributed by atoms with Crippen LogP contribution in [0.1, 0.15) is 57.6 Å². The lowest BCUT2D eigenvalue weighted by molar-refractivity contribution is 0.199. The first-order chi connectivity index (χ1) is 9.11. The van der Waals surface area contributed by atoms with E-state index in [0.717, 1.165) is 11.5 Å². The molecule has 0 aromatic heterocycles. The van der Waals surface area contributed by atoms with Crippen molar-refractivity contribution in [3.05, 3.63) is 29.8 Å². The molecule has 0 saturated heterocycles. The van der Waals surface area contributed by atoms with E-state index in [0.29, 0.717) is 6.04 Å². The van der Waals surface area contributed by atoms with Gasteiger partial charge in [-0.25, -0.2) is 0 Å². The monoisotopic (exact) mass is 261 g/mol. The lowest BCUT2D eigenvalue weighted by Crippen LogP contribution is -2.35. The van der Waals surface area contributed by atoms with E-state index >= 15 is 0 Å². The second kappa shape index (κ2) is 6.42. The maximum absolute atomic E-state index is 9.54. The molecule has 2 heteroatoms. The van der Waals surface area contributed by atoms with E-state index < -0.39 is 0 Å². The van der Waals surface area contributed by atoms with Crippen molar-refractivity contribution < 1.29 is 5.11 Å². The van der Waals surface area contributed by atoms with Crippen molar-refractivity contribution in [1.82, 2.24) is 0 Å². The summed E-state index contributed by atoms with van der Waals surface area (Å²) in [4.78, 5) is 2.41. The molecule has 1 N–H and O–H groups in total. The fraction of sp³-hybridized carbons (Fsp3) is 0.647. The number of aliphatic hydroxyl groups is 1. The zero-order valence-electron chi connectivity index (χ0n) is 12.5. The van der Waals surface area contributed by atoms with Crippen molar-refractivity contribution in [2.45, 2.75) is 58.1 Å². The van der Waals surface area contributed by atoms with Gasteiger partial charge in [-0.2, -0.15) is 0 Å². The second-order valence-electron chi connectivity index (χ2n) is 5.96. The van der Waals surface area contributed by atoms with Gasteiger partial charge in [0.05, 0.1) is 6.10 Å². The minimum Gasteiger partial charge on any atom is -0.389 e. The zero-order valence-corrected chi connectivity index (χ0v) is 12.5. The summed E-state index contributed by atoms with van der Waals surface area (Å²) < 4.78 is 0. The first-order valence-corrected chi connectivity index (χ1v) is 7.62. The van der Waals surface area contributed by atoms with Crippen LogP contribution in [0.2, 0.25) is 0 Å². The normalized spacial score (nSPS) is 25.1. The van der Waals surface area contributed by atoms with Gasteiger partial charge < -0.3 is 10.0 Å². The summed E-state index contributed by atoms with van der Waals surface area (Å²) in [7, 11) is 2.20. The molecule has 0 amide bonds. The van der Waals surface area contributed by atoms with Gasteiger partial charge in [0.1, 0.15) is 0 Å². The Morgan fingerprint density at radius 1 is 1.16 bits per heavy atom. The van der Waals surface area contributed by atoms with Crippen LogP contribution in [-0.4, -0.2) is 18.2 Å². The third-order valence-corrected chi connectivity index (χ3v) is 4.72. The Bertz CT molecular complexity index is 377. The number of anilines is 1. The lowest BCUT2D eigenvalue weighted by Gasteiger charge is -2.36. The molecule has 0 radical (unpaired) electrons. The Morgan fingerprint density at radius 2 is 1.74 bits per heavy atom.